The predicted molar refractivity (Wildman–Crippen MR) is 63.4 cm³/mol. The molecule has 1 aliphatic carbocycles. The molecule has 4 heteroatoms. The van der Waals surface area contributed by atoms with Crippen LogP contribution in [0, 0.1) is 0 Å². The minimum absolute atomic E-state index is 0.140. The molecule has 2 heterocycles. The lowest BCUT2D eigenvalue weighted by Gasteiger charge is -2.06. The van der Waals surface area contributed by atoms with Gasteiger partial charge in [0.05, 0.1) is 23.7 Å². The van der Waals surface area contributed by atoms with E-state index in [4.69, 9.17) is 4.42 Å². The van der Waals surface area contributed by atoms with Gasteiger partial charge < -0.3 is 9.73 Å². The van der Waals surface area contributed by atoms with Gasteiger partial charge in [-0.2, -0.15) is 0 Å². The van der Waals surface area contributed by atoms with Gasteiger partial charge in [0.2, 0.25) is 5.91 Å². The predicted octanol–water partition coefficient (Wildman–Crippen LogP) is 2.12. The third-order valence-electron chi connectivity index (χ3n) is 2.69. The molecule has 1 unspecified atom stereocenters. The van der Waals surface area contributed by atoms with Gasteiger partial charge in [-0.05, 0) is 23.3 Å². The summed E-state index contributed by atoms with van der Waals surface area (Å²) in [6.07, 6.45) is 4.31. The molecule has 82 valence electrons. The first-order valence-electron chi connectivity index (χ1n) is 5.17. The van der Waals surface area contributed by atoms with Gasteiger partial charge in [0.15, 0.2) is 0 Å². The van der Waals surface area contributed by atoms with E-state index < -0.39 is 0 Å². The van der Waals surface area contributed by atoms with Gasteiger partial charge in [-0.25, -0.2) is 0 Å². The summed E-state index contributed by atoms with van der Waals surface area (Å²) in [5.74, 6) is 0.723. The minimum atomic E-state index is 0.140. The molecule has 1 amide bonds. The molecule has 0 aromatic rings. The van der Waals surface area contributed by atoms with E-state index in [0.717, 1.165) is 12.0 Å². The average molecular weight is 233 g/mol. The maximum atomic E-state index is 11.1. The van der Waals surface area contributed by atoms with Crippen molar-refractivity contribution in [2.24, 2.45) is 0 Å². The van der Waals surface area contributed by atoms with E-state index in [1.165, 1.54) is 11.1 Å². The van der Waals surface area contributed by atoms with Gasteiger partial charge in [0.1, 0.15) is 0 Å². The molecule has 3 aliphatic rings. The van der Waals surface area contributed by atoms with Crippen LogP contribution in [0.2, 0.25) is 0 Å². The fourth-order valence-corrected chi connectivity index (χ4v) is 2.92. The van der Waals surface area contributed by atoms with E-state index in [1.54, 1.807) is 24.3 Å². The van der Waals surface area contributed by atoms with Crippen molar-refractivity contribution in [2.45, 2.75) is 11.8 Å². The van der Waals surface area contributed by atoms with Gasteiger partial charge in [-0.1, -0.05) is 6.07 Å². The number of fused-ring (bicyclic) bond motifs is 1. The van der Waals surface area contributed by atoms with E-state index >= 15 is 0 Å². The first-order chi connectivity index (χ1) is 7.81. The number of carbonyl (C=O) groups excluding carboxylic acids is 1. The molecule has 16 heavy (non-hydrogen) atoms. The fourth-order valence-electron chi connectivity index (χ4n) is 1.96. The molecule has 0 radical (unpaired) electrons. The number of thioether (sulfide) groups is 1. The van der Waals surface area contributed by atoms with Crippen molar-refractivity contribution in [3.05, 3.63) is 36.3 Å². The molecule has 0 aromatic heterocycles. The van der Waals surface area contributed by atoms with Crippen molar-refractivity contribution in [1.82, 2.24) is 5.32 Å². The van der Waals surface area contributed by atoms with Crippen LogP contribution in [0.5, 0.6) is 0 Å². The Morgan fingerprint density at radius 1 is 1.44 bits per heavy atom. The Kier molecular flexibility index (Phi) is 2.36. The first-order valence-corrected chi connectivity index (χ1v) is 6.22. The number of hydrogen-bond donors (Lipinski definition) is 1. The number of rotatable bonds is 2. The number of amides is 1. The summed E-state index contributed by atoms with van der Waals surface area (Å²) in [5, 5.41) is 3.17. The highest BCUT2D eigenvalue weighted by Crippen LogP contribution is 2.28. The first kappa shape index (κ1) is 9.78. The molecule has 3 nitrogen and oxygen atoms in total. The SMILES string of the molecule is O=C1CSC(Cc2cc3ccocc-3c2)N1. The summed E-state index contributed by atoms with van der Waals surface area (Å²) >= 11 is 1.67. The highest BCUT2D eigenvalue weighted by atomic mass is 32.2. The van der Waals surface area contributed by atoms with E-state index in [2.05, 4.69) is 17.4 Å². The Morgan fingerprint density at radius 3 is 3.06 bits per heavy atom. The second-order valence-corrected chi connectivity index (χ2v) is 5.09. The van der Waals surface area contributed by atoms with Crippen LogP contribution in [-0.2, 0) is 11.2 Å². The topological polar surface area (TPSA) is 42.2 Å². The lowest BCUT2D eigenvalue weighted by atomic mass is 10.2. The van der Waals surface area contributed by atoms with E-state index in [0.29, 0.717) is 5.75 Å². The van der Waals surface area contributed by atoms with E-state index in [1.807, 2.05) is 6.07 Å². The summed E-state index contributed by atoms with van der Waals surface area (Å²) in [6, 6.07) is 6.22. The van der Waals surface area contributed by atoms with Crippen LogP contribution in [0.3, 0.4) is 0 Å². The molecule has 1 N–H and O–H groups in total. The summed E-state index contributed by atoms with van der Waals surface area (Å²) < 4.78 is 5.12. The zero-order valence-electron chi connectivity index (χ0n) is 8.60. The lowest BCUT2D eigenvalue weighted by molar-refractivity contribution is -0.118. The van der Waals surface area contributed by atoms with Crippen molar-refractivity contribution in [3.63, 3.8) is 0 Å². The quantitative estimate of drug-likeness (QED) is 0.864. The Labute approximate surface area is 97.6 Å². The minimum Gasteiger partial charge on any atom is -0.472 e. The average Bonchev–Trinajstić information content (AvgIpc) is 2.84. The number of carbonyl (C=O) groups is 1. The van der Waals surface area contributed by atoms with E-state index in [9.17, 15) is 4.79 Å². The van der Waals surface area contributed by atoms with Gasteiger partial charge >= 0.3 is 0 Å². The van der Waals surface area contributed by atoms with Crippen LogP contribution < -0.4 is 5.32 Å². The molecule has 0 bridgehead atoms. The zero-order chi connectivity index (χ0) is 11.0. The summed E-state index contributed by atoms with van der Waals surface area (Å²) in [4.78, 5) is 11.1. The van der Waals surface area contributed by atoms with Crippen LogP contribution >= 0.6 is 11.8 Å². The van der Waals surface area contributed by atoms with Crippen LogP contribution in [0.15, 0.2) is 35.1 Å². The maximum Gasteiger partial charge on any atom is 0.230 e. The molecule has 1 saturated heterocycles. The van der Waals surface area contributed by atoms with Crippen molar-refractivity contribution >= 4 is 17.7 Å². The molecule has 1 fully saturated rings. The third kappa shape index (κ3) is 1.80. The molecule has 1 atom stereocenters. The molecular formula is C12H11NO2S. The second-order valence-electron chi connectivity index (χ2n) is 3.90. The van der Waals surface area contributed by atoms with Crippen LogP contribution in [-0.4, -0.2) is 17.0 Å². The van der Waals surface area contributed by atoms with Crippen molar-refractivity contribution in [1.29, 1.82) is 0 Å². The summed E-state index contributed by atoms with van der Waals surface area (Å²) in [5.41, 5.74) is 3.55. The zero-order valence-corrected chi connectivity index (χ0v) is 9.42. The smallest absolute Gasteiger partial charge is 0.230 e. The Morgan fingerprint density at radius 2 is 2.31 bits per heavy atom. The van der Waals surface area contributed by atoms with Crippen LogP contribution in [0.25, 0.3) is 11.1 Å². The van der Waals surface area contributed by atoms with Crippen molar-refractivity contribution < 1.29 is 9.21 Å². The van der Waals surface area contributed by atoms with Crippen LogP contribution in [0.1, 0.15) is 5.56 Å². The molecule has 2 aliphatic heterocycles. The molecule has 0 aromatic carbocycles. The highest BCUT2D eigenvalue weighted by molar-refractivity contribution is 8.01. The number of hydrogen-bond acceptors (Lipinski definition) is 3. The molecule has 0 spiro atoms. The summed E-state index contributed by atoms with van der Waals surface area (Å²) in [6.45, 7) is 0. The highest BCUT2D eigenvalue weighted by Gasteiger charge is 2.22. The maximum absolute atomic E-state index is 11.1. The molecule has 3 rings (SSSR count). The lowest BCUT2D eigenvalue weighted by Crippen LogP contribution is -2.26. The Bertz CT molecular complexity index is 464. The normalized spacial score (nSPS) is 20.2. The van der Waals surface area contributed by atoms with E-state index in [-0.39, 0.29) is 11.3 Å². The summed E-state index contributed by atoms with van der Waals surface area (Å²) in [7, 11) is 0. The monoisotopic (exact) mass is 233 g/mol. The van der Waals surface area contributed by atoms with Crippen molar-refractivity contribution in [2.75, 3.05) is 5.75 Å². The Hall–Kier alpha value is -1.42. The van der Waals surface area contributed by atoms with Gasteiger partial charge in [0, 0.05) is 12.0 Å². The largest absolute Gasteiger partial charge is 0.472 e. The third-order valence-corrected chi connectivity index (χ3v) is 3.81. The van der Waals surface area contributed by atoms with Gasteiger partial charge in [-0.3, -0.25) is 4.79 Å². The van der Waals surface area contributed by atoms with Gasteiger partial charge in [0.25, 0.3) is 0 Å². The van der Waals surface area contributed by atoms with Gasteiger partial charge in [-0.15, -0.1) is 11.8 Å². The second kappa shape index (κ2) is 3.87. The molecule has 0 saturated carbocycles. The van der Waals surface area contributed by atoms with Crippen LogP contribution in [0.4, 0.5) is 0 Å². The molecular weight excluding hydrogens is 222 g/mol. The standard InChI is InChI=1S/C12H11NO2S/c14-11-7-16-12(13-11)5-8-3-9-1-2-15-6-10(9)4-8/h1-4,6,12H,5,7H2,(H,13,14). The van der Waals surface area contributed by atoms with Crippen molar-refractivity contribution in [3.8, 4) is 11.1 Å². The fraction of sp³-hybridized carbons (Fsp3) is 0.250. The number of nitrogens with one attached hydrogen (secondary N) is 1. The Balaban J connectivity index is 1.80.